The average Bonchev–Trinajstić information content (AvgIpc) is 3.13. The molecule has 0 radical (unpaired) electrons. The van der Waals surface area contributed by atoms with Crippen LogP contribution in [-0.2, 0) is 0 Å². The first-order valence-electron chi connectivity index (χ1n) is 6.01. The van der Waals surface area contributed by atoms with Crippen LogP contribution in [0.2, 0.25) is 0 Å². The molecule has 1 saturated carbocycles. The number of para-hydroxylation sites is 2. The minimum Gasteiger partial charge on any atom is -0.486 e. The van der Waals surface area contributed by atoms with Gasteiger partial charge >= 0.3 is 0 Å². The molecule has 16 heavy (non-hydrogen) atoms. The molecule has 1 aliphatic carbocycles. The summed E-state index contributed by atoms with van der Waals surface area (Å²) in [5.74, 6) is 2.64. The monoisotopic (exact) mass is 219 g/mol. The van der Waals surface area contributed by atoms with Gasteiger partial charge in [0.2, 0.25) is 0 Å². The molecule has 0 saturated heterocycles. The normalized spacial score (nSPS) is 23.1. The second kappa shape index (κ2) is 4.34. The van der Waals surface area contributed by atoms with Crippen molar-refractivity contribution in [2.45, 2.75) is 18.9 Å². The summed E-state index contributed by atoms with van der Waals surface area (Å²) in [6.45, 7) is 2.65. The van der Waals surface area contributed by atoms with Crippen molar-refractivity contribution in [2.24, 2.45) is 5.92 Å². The van der Waals surface area contributed by atoms with E-state index in [0.29, 0.717) is 6.61 Å². The molecular weight excluding hydrogens is 202 g/mol. The predicted octanol–water partition coefficient (Wildman–Crippen LogP) is 1.83. The van der Waals surface area contributed by atoms with E-state index in [9.17, 15) is 0 Å². The lowest BCUT2D eigenvalue weighted by Gasteiger charge is -2.26. The van der Waals surface area contributed by atoms with E-state index in [1.807, 2.05) is 24.3 Å². The molecule has 0 bridgehead atoms. The van der Waals surface area contributed by atoms with E-state index < -0.39 is 0 Å². The molecule has 3 nitrogen and oxygen atoms in total. The van der Waals surface area contributed by atoms with E-state index in [4.69, 9.17) is 9.47 Å². The summed E-state index contributed by atoms with van der Waals surface area (Å²) in [7, 11) is 0. The van der Waals surface area contributed by atoms with Crippen LogP contribution in [0.15, 0.2) is 24.3 Å². The van der Waals surface area contributed by atoms with Crippen molar-refractivity contribution in [3.05, 3.63) is 24.3 Å². The maximum Gasteiger partial charge on any atom is 0.161 e. The van der Waals surface area contributed by atoms with Crippen LogP contribution >= 0.6 is 0 Å². The van der Waals surface area contributed by atoms with E-state index in [2.05, 4.69) is 5.32 Å². The molecule has 1 heterocycles. The molecule has 3 heteroatoms. The maximum atomic E-state index is 5.85. The van der Waals surface area contributed by atoms with Gasteiger partial charge in [0.05, 0.1) is 0 Å². The van der Waals surface area contributed by atoms with E-state index >= 15 is 0 Å². The Labute approximate surface area is 95.8 Å². The summed E-state index contributed by atoms with van der Waals surface area (Å²) in [6, 6.07) is 7.85. The molecule has 1 fully saturated rings. The quantitative estimate of drug-likeness (QED) is 0.838. The van der Waals surface area contributed by atoms with Crippen molar-refractivity contribution in [1.82, 2.24) is 5.32 Å². The zero-order valence-electron chi connectivity index (χ0n) is 9.32. The topological polar surface area (TPSA) is 30.5 Å². The molecule has 86 valence electrons. The minimum atomic E-state index is 0.147. The van der Waals surface area contributed by atoms with Gasteiger partial charge in [-0.2, -0.15) is 0 Å². The fourth-order valence-corrected chi connectivity index (χ4v) is 1.93. The lowest BCUT2D eigenvalue weighted by atomic mass is 10.2. The highest BCUT2D eigenvalue weighted by molar-refractivity contribution is 5.40. The fourth-order valence-electron chi connectivity index (χ4n) is 1.93. The molecule has 1 N–H and O–H groups in total. The van der Waals surface area contributed by atoms with Crippen LogP contribution in [0.1, 0.15) is 12.8 Å². The lowest BCUT2D eigenvalue weighted by Crippen LogP contribution is -2.39. The SMILES string of the molecule is c1ccc2c(c1)OCC(CNCC1CC1)O2. The summed E-state index contributed by atoms with van der Waals surface area (Å²) in [5.41, 5.74) is 0. The van der Waals surface area contributed by atoms with Crippen molar-refractivity contribution < 1.29 is 9.47 Å². The van der Waals surface area contributed by atoms with Crippen LogP contribution in [0.4, 0.5) is 0 Å². The van der Waals surface area contributed by atoms with E-state index in [0.717, 1.165) is 30.5 Å². The Hall–Kier alpha value is -1.22. The predicted molar refractivity (Wildman–Crippen MR) is 61.9 cm³/mol. The molecule has 2 aliphatic rings. The van der Waals surface area contributed by atoms with Gasteiger partial charge in [0.1, 0.15) is 12.7 Å². The summed E-state index contributed by atoms with van der Waals surface area (Å²) >= 11 is 0. The Kier molecular flexibility index (Phi) is 2.70. The first-order chi connectivity index (χ1) is 7.92. The van der Waals surface area contributed by atoms with Gasteiger partial charge in [-0.1, -0.05) is 12.1 Å². The van der Waals surface area contributed by atoms with E-state index in [-0.39, 0.29) is 6.10 Å². The first-order valence-corrected chi connectivity index (χ1v) is 6.01. The van der Waals surface area contributed by atoms with Gasteiger partial charge in [-0.3, -0.25) is 0 Å². The number of benzene rings is 1. The van der Waals surface area contributed by atoms with Gasteiger partial charge in [-0.25, -0.2) is 0 Å². The van der Waals surface area contributed by atoms with Crippen LogP contribution < -0.4 is 14.8 Å². The molecule has 0 amide bonds. The molecule has 1 aliphatic heterocycles. The average molecular weight is 219 g/mol. The molecule has 1 unspecified atom stereocenters. The highest BCUT2D eigenvalue weighted by atomic mass is 16.6. The zero-order valence-corrected chi connectivity index (χ0v) is 9.32. The van der Waals surface area contributed by atoms with Gasteiger partial charge in [-0.15, -0.1) is 0 Å². The minimum absolute atomic E-state index is 0.147. The van der Waals surface area contributed by atoms with Crippen LogP contribution in [0.5, 0.6) is 11.5 Å². The Morgan fingerprint density at radius 3 is 2.75 bits per heavy atom. The second-order valence-electron chi connectivity index (χ2n) is 4.60. The molecule has 0 aromatic heterocycles. The number of hydrogen-bond acceptors (Lipinski definition) is 3. The van der Waals surface area contributed by atoms with Crippen LogP contribution in [0.25, 0.3) is 0 Å². The molecule has 1 aromatic carbocycles. The van der Waals surface area contributed by atoms with Gasteiger partial charge < -0.3 is 14.8 Å². The van der Waals surface area contributed by atoms with Gasteiger partial charge in [0, 0.05) is 6.54 Å². The van der Waals surface area contributed by atoms with Crippen molar-refractivity contribution in [3.8, 4) is 11.5 Å². The third kappa shape index (κ3) is 2.30. The Balaban J connectivity index is 1.51. The smallest absolute Gasteiger partial charge is 0.161 e. The summed E-state index contributed by atoms with van der Waals surface area (Å²) in [6.07, 6.45) is 2.92. The maximum absolute atomic E-state index is 5.85. The fraction of sp³-hybridized carbons (Fsp3) is 0.538. The Bertz CT molecular complexity index is 363. The first kappa shape index (κ1) is 9.97. The van der Waals surface area contributed by atoms with Crippen molar-refractivity contribution in [1.29, 1.82) is 0 Å². The van der Waals surface area contributed by atoms with Gasteiger partial charge in [0.15, 0.2) is 11.5 Å². The third-order valence-corrected chi connectivity index (χ3v) is 3.07. The van der Waals surface area contributed by atoms with Crippen LogP contribution in [0.3, 0.4) is 0 Å². The van der Waals surface area contributed by atoms with Crippen LogP contribution in [-0.4, -0.2) is 25.8 Å². The lowest BCUT2D eigenvalue weighted by molar-refractivity contribution is 0.0903. The Morgan fingerprint density at radius 2 is 1.94 bits per heavy atom. The van der Waals surface area contributed by atoms with Gasteiger partial charge in [-0.05, 0) is 37.4 Å². The van der Waals surface area contributed by atoms with Crippen molar-refractivity contribution >= 4 is 0 Å². The molecule has 0 spiro atoms. The summed E-state index contributed by atoms with van der Waals surface area (Å²) in [4.78, 5) is 0. The number of nitrogens with one attached hydrogen (secondary N) is 1. The standard InChI is InChI=1S/C13H17NO2/c1-2-4-13-12(3-1)15-9-11(16-13)8-14-7-10-5-6-10/h1-4,10-11,14H,5-9H2. The Morgan fingerprint density at radius 1 is 1.12 bits per heavy atom. The highest BCUT2D eigenvalue weighted by Gasteiger charge is 2.23. The number of ether oxygens (including phenoxy) is 2. The highest BCUT2D eigenvalue weighted by Crippen LogP contribution is 2.31. The zero-order chi connectivity index (χ0) is 10.8. The summed E-state index contributed by atoms with van der Waals surface area (Å²) < 4.78 is 11.5. The molecule has 1 atom stereocenters. The number of fused-ring (bicyclic) bond motifs is 1. The number of rotatable bonds is 4. The molecule has 1 aromatic rings. The third-order valence-electron chi connectivity index (χ3n) is 3.07. The summed E-state index contributed by atoms with van der Waals surface area (Å²) in [5, 5.41) is 3.44. The molecular formula is C13H17NO2. The van der Waals surface area contributed by atoms with E-state index in [1.165, 1.54) is 12.8 Å². The van der Waals surface area contributed by atoms with Crippen LogP contribution in [0, 0.1) is 5.92 Å². The number of hydrogen-bond donors (Lipinski definition) is 1. The van der Waals surface area contributed by atoms with Crippen molar-refractivity contribution in [3.63, 3.8) is 0 Å². The second-order valence-corrected chi connectivity index (χ2v) is 4.60. The van der Waals surface area contributed by atoms with E-state index in [1.54, 1.807) is 0 Å². The van der Waals surface area contributed by atoms with Gasteiger partial charge in [0.25, 0.3) is 0 Å². The largest absolute Gasteiger partial charge is 0.486 e. The molecule has 3 rings (SSSR count). The van der Waals surface area contributed by atoms with Crippen molar-refractivity contribution in [2.75, 3.05) is 19.7 Å².